The van der Waals surface area contributed by atoms with Crippen molar-refractivity contribution in [3.05, 3.63) is 35.0 Å². The zero-order valence-electron chi connectivity index (χ0n) is 10.7. The number of hydrazine groups is 1. The fourth-order valence-corrected chi connectivity index (χ4v) is 2.27. The molecular formula is C14H19ClN2O. The molecule has 0 aliphatic heterocycles. The van der Waals surface area contributed by atoms with Crippen LogP contribution >= 0.6 is 11.6 Å². The van der Waals surface area contributed by atoms with Gasteiger partial charge in [0.25, 0.3) is 0 Å². The summed E-state index contributed by atoms with van der Waals surface area (Å²) in [5.74, 6) is 7.07. The van der Waals surface area contributed by atoms with Crippen LogP contribution in [0.2, 0.25) is 5.02 Å². The molecule has 0 saturated heterocycles. The van der Waals surface area contributed by atoms with E-state index in [1.165, 1.54) is 0 Å². The lowest BCUT2D eigenvalue weighted by atomic mass is 9.98. The van der Waals surface area contributed by atoms with E-state index in [-0.39, 0.29) is 6.04 Å². The molecule has 3 nitrogen and oxygen atoms in total. The molecule has 0 fully saturated rings. The van der Waals surface area contributed by atoms with Gasteiger partial charge in [0.2, 0.25) is 0 Å². The predicted octanol–water partition coefficient (Wildman–Crippen LogP) is 4.03. The molecule has 0 aliphatic rings. The van der Waals surface area contributed by atoms with Crippen LogP contribution in [0.25, 0.3) is 11.0 Å². The van der Waals surface area contributed by atoms with Gasteiger partial charge in [-0.3, -0.25) is 5.84 Å². The van der Waals surface area contributed by atoms with Crippen LogP contribution in [0.3, 0.4) is 0 Å². The molecule has 2 aromatic rings. The lowest BCUT2D eigenvalue weighted by molar-refractivity contribution is 0.359. The molecule has 2 unspecified atom stereocenters. The SMILES string of the molecule is CCC(C)CC(NN)c1cc2cccc(Cl)c2o1. The zero-order chi connectivity index (χ0) is 13.1. The fourth-order valence-electron chi connectivity index (χ4n) is 2.05. The molecule has 2 rings (SSSR count). The maximum Gasteiger partial charge on any atom is 0.152 e. The van der Waals surface area contributed by atoms with Gasteiger partial charge in [-0.05, 0) is 24.5 Å². The molecular weight excluding hydrogens is 248 g/mol. The number of nitrogens with two attached hydrogens (primary N) is 1. The first-order valence-electron chi connectivity index (χ1n) is 6.29. The summed E-state index contributed by atoms with van der Waals surface area (Å²) in [5, 5.41) is 1.65. The minimum Gasteiger partial charge on any atom is -0.458 e. The third-order valence-corrected chi connectivity index (χ3v) is 3.69. The van der Waals surface area contributed by atoms with Gasteiger partial charge in [0.15, 0.2) is 5.58 Å². The summed E-state index contributed by atoms with van der Waals surface area (Å²) in [7, 11) is 0. The Balaban J connectivity index is 2.31. The second kappa shape index (κ2) is 5.74. The van der Waals surface area contributed by atoms with Gasteiger partial charge in [-0.25, -0.2) is 5.43 Å². The van der Waals surface area contributed by atoms with Crippen molar-refractivity contribution >= 4 is 22.6 Å². The third-order valence-electron chi connectivity index (χ3n) is 3.39. The first-order valence-corrected chi connectivity index (χ1v) is 6.67. The van der Waals surface area contributed by atoms with Crippen LogP contribution in [0.1, 0.15) is 38.5 Å². The minimum atomic E-state index is 0.0309. The average Bonchev–Trinajstić information content (AvgIpc) is 2.80. The molecule has 98 valence electrons. The van der Waals surface area contributed by atoms with Crippen molar-refractivity contribution in [3.8, 4) is 0 Å². The van der Waals surface area contributed by atoms with Crippen LogP contribution in [0, 0.1) is 5.92 Å². The number of rotatable bonds is 5. The Morgan fingerprint density at radius 3 is 2.83 bits per heavy atom. The second-order valence-corrected chi connectivity index (χ2v) is 5.18. The highest BCUT2D eigenvalue weighted by Crippen LogP contribution is 2.31. The molecule has 0 saturated carbocycles. The second-order valence-electron chi connectivity index (χ2n) is 4.78. The summed E-state index contributed by atoms with van der Waals surface area (Å²) >= 11 is 6.11. The molecule has 0 spiro atoms. The number of nitrogens with one attached hydrogen (secondary N) is 1. The van der Waals surface area contributed by atoms with Crippen molar-refractivity contribution in [2.45, 2.75) is 32.7 Å². The van der Waals surface area contributed by atoms with Gasteiger partial charge >= 0.3 is 0 Å². The van der Waals surface area contributed by atoms with E-state index < -0.39 is 0 Å². The van der Waals surface area contributed by atoms with Crippen LogP contribution in [0.4, 0.5) is 0 Å². The maximum atomic E-state index is 6.11. The Hall–Kier alpha value is -1.03. The molecule has 1 aromatic carbocycles. The number of halogens is 1. The summed E-state index contributed by atoms with van der Waals surface area (Å²) in [4.78, 5) is 0. The van der Waals surface area contributed by atoms with Crippen LogP contribution in [0.15, 0.2) is 28.7 Å². The van der Waals surface area contributed by atoms with Gasteiger partial charge in [0, 0.05) is 5.39 Å². The summed E-state index contributed by atoms with van der Waals surface area (Å²) in [6.07, 6.45) is 2.07. The third kappa shape index (κ3) is 2.69. The highest BCUT2D eigenvalue weighted by atomic mass is 35.5. The molecule has 0 bridgehead atoms. The van der Waals surface area contributed by atoms with E-state index in [0.29, 0.717) is 10.9 Å². The first kappa shape index (κ1) is 13.4. The van der Waals surface area contributed by atoms with Crippen molar-refractivity contribution in [2.24, 2.45) is 11.8 Å². The number of hydrogen-bond donors (Lipinski definition) is 2. The average molecular weight is 267 g/mol. The Kier molecular flexibility index (Phi) is 4.27. The van der Waals surface area contributed by atoms with Crippen molar-refractivity contribution in [2.75, 3.05) is 0 Å². The molecule has 0 amide bonds. The molecule has 0 aliphatic carbocycles. The van der Waals surface area contributed by atoms with Gasteiger partial charge in [0.1, 0.15) is 5.76 Å². The van der Waals surface area contributed by atoms with Crippen molar-refractivity contribution < 1.29 is 4.42 Å². The monoisotopic (exact) mass is 266 g/mol. The minimum absolute atomic E-state index is 0.0309. The largest absolute Gasteiger partial charge is 0.458 e. The molecule has 1 heterocycles. The van der Waals surface area contributed by atoms with Gasteiger partial charge < -0.3 is 4.42 Å². The van der Waals surface area contributed by atoms with Crippen molar-refractivity contribution in [1.82, 2.24) is 5.43 Å². The number of para-hydroxylation sites is 1. The van der Waals surface area contributed by atoms with Gasteiger partial charge in [-0.15, -0.1) is 0 Å². The van der Waals surface area contributed by atoms with E-state index in [1.54, 1.807) is 0 Å². The standard InChI is InChI=1S/C14H19ClN2O/c1-3-9(2)7-12(17-16)13-8-10-5-4-6-11(15)14(10)18-13/h4-6,8-9,12,17H,3,7,16H2,1-2H3. The highest BCUT2D eigenvalue weighted by molar-refractivity contribution is 6.34. The summed E-state index contributed by atoms with van der Waals surface area (Å²) in [6.45, 7) is 4.38. The van der Waals surface area contributed by atoms with Gasteiger partial charge in [-0.2, -0.15) is 0 Å². The Labute approximate surface area is 112 Å². The van der Waals surface area contributed by atoms with Gasteiger partial charge in [-0.1, -0.05) is 44.0 Å². The van der Waals surface area contributed by atoms with E-state index in [1.807, 2.05) is 24.3 Å². The zero-order valence-corrected chi connectivity index (χ0v) is 11.5. The highest BCUT2D eigenvalue weighted by Gasteiger charge is 2.18. The maximum absolute atomic E-state index is 6.11. The van der Waals surface area contributed by atoms with Crippen LogP contribution in [-0.2, 0) is 0 Å². The fraction of sp³-hybridized carbons (Fsp3) is 0.429. The van der Waals surface area contributed by atoms with E-state index in [0.717, 1.165) is 29.6 Å². The molecule has 2 atom stereocenters. The predicted molar refractivity (Wildman–Crippen MR) is 75.4 cm³/mol. The van der Waals surface area contributed by atoms with E-state index in [9.17, 15) is 0 Å². The van der Waals surface area contributed by atoms with Crippen molar-refractivity contribution in [1.29, 1.82) is 0 Å². The van der Waals surface area contributed by atoms with E-state index in [2.05, 4.69) is 19.3 Å². The lowest BCUT2D eigenvalue weighted by Gasteiger charge is -2.17. The molecule has 18 heavy (non-hydrogen) atoms. The van der Waals surface area contributed by atoms with Crippen LogP contribution in [0.5, 0.6) is 0 Å². The summed E-state index contributed by atoms with van der Waals surface area (Å²) < 4.78 is 5.82. The molecule has 4 heteroatoms. The Morgan fingerprint density at radius 2 is 2.22 bits per heavy atom. The first-order chi connectivity index (χ1) is 8.65. The number of benzene rings is 1. The normalized spacial score (nSPS) is 14.9. The summed E-state index contributed by atoms with van der Waals surface area (Å²) in [5.41, 5.74) is 3.56. The Bertz CT molecular complexity index is 523. The number of furan rings is 1. The molecule has 0 radical (unpaired) electrons. The van der Waals surface area contributed by atoms with Gasteiger partial charge in [0.05, 0.1) is 11.1 Å². The molecule has 1 aromatic heterocycles. The van der Waals surface area contributed by atoms with Crippen LogP contribution in [-0.4, -0.2) is 0 Å². The molecule has 3 N–H and O–H groups in total. The van der Waals surface area contributed by atoms with Crippen LogP contribution < -0.4 is 11.3 Å². The lowest BCUT2D eigenvalue weighted by Crippen LogP contribution is -2.29. The number of fused-ring (bicyclic) bond motifs is 1. The summed E-state index contributed by atoms with van der Waals surface area (Å²) in [6, 6.07) is 7.78. The van der Waals surface area contributed by atoms with E-state index in [4.69, 9.17) is 21.9 Å². The Morgan fingerprint density at radius 1 is 1.44 bits per heavy atom. The topological polar surface area (TPSA) is 51.2 Å². The van der Waals surface area contributed by atoms with Crippen molar-refractivity contribution in [3.63, 3.8) is 0 Å². The quantitative estimate of drug-likeness (QED) is 0.635. The number of hydrogen-bond acceptors (Lipinski definition) is 3. The van der Waals surface area contributed by atoms with E-state index >= 15 is 0 Å². The smallest absolute Gasteiger partial charge is 0.152 e.